The average molecular weight is 289 g/mol. The number of benzene rings is 1. The van der Waals surface area contributed by atoms with Gasteiger partial charge in [-0.2, -0.15) is 0 Å². The van der Waals surface area contributed by atoms with E-state index in [1.165, 1.54) is 15.3 Å². The number of thiophene rings is 1. The highest BCUT2D eigenvalue weighted by molar-refractivity contribution is 7.12. The quantitative estimate of drug-likeness (QED) is 0.868. The molecule has 0 saturated carbocycles. The Balaban J connectivity index is 2.35. The van der Waals surface area contributed by atoms with Crippen LogP contribution in [0.5, 0.6) is 0 Å². The molecule has 2 N–H and O–H groups in total. The van der Waals surface area contributed by atoms with Gasteiger partial charge < -0.3 is 10.4 Å². The van der Waals surface area contributed by atoms with Crippen molar-refractivity contribution in [1.82, 2.24) is 0 Å². The van der Waals surface area contributed by atoms with Crippen LogP contribution in [0.2, 0.25) is 0 Å². The van der Waals surface area contributed by atoms with Gasteiger partial charge in [-0.15, -0.1) is 11.3 Å². The first-order valence-corrected chi connectivity index (χ1v) is 7.38. The van der Waals surface area contributed by atoms with Crippen molar-refractivity contribution < 1.29 is 9.90 Å². The van der Waals surface area contributed by atoms with E-state index in [-0.39, 0.29) is 6.04 Å². The van der Waals surface area contributed by atoms with Gasteiger partial charge in [0.2, 0.25) is 0 Å². The van der Waals surface area contributed by atoms with E-state index in [1.54, 1.807) is 23.5 Å². The molecule has 2 rings (SSSR count). The van der Waals surface area contributed by atoms with Gasteiger partial charge >= 0.3 is 5.97 Å². The molecule has 1 aromatic carbocycles. The summed E-state index contributed by atoms with van der Waals surface area (Å²) in [6.45, 7) is 8.17. The Morgan fingerprint density at radius 2 is 2.00 bits per heavy atom. The number of carbonyl (C=O) groups is 1. The van der Waals surface area contributed by atoms with Crippen LogP contribution in [-0.2, 0) is 0 Å². The minimum atomic E-state index is -0.901. The molecule has 20 heavy (non-hydrogen) atoms. The molecule has 0 aliphatic heterocycles. The van der Waals surface area contributed by atoms with Gasteiger partial charge in [0.1, 0.15) is 0 Å². The second kappa shape index (κ2) is 5.67. The maximum absolute atomic E-state index is 11.3. The minimum Gasteiger partial charge on any atom is -0.478 e. The van der Waals surface area contributed by atoms with Crippen LogP contribution >= 0.6 is 11.3 Å². The van der Waals surface area contributed by atoms with Crippen molar-refractivity contribution >= 4 is 23.0 Å². The van der Waals surface area contributed by atoms with Gasteiger partial charge in [0.25, 0.3) is 0 Å². The molecule has 0 aliphatic rings. The van der Waals surface area contributed by atoms with Crippen molar-refractivity contribution in [2.75, 3.05) is 5.32 Å². The van der Waals surface area contributed by atoms with E-state index < -0.39 is 5.97 Å². The van der Waals surface area contributed by atoms with Gasteiger partial charge in [0.05, 0.1) is 11.3 Å². The maximum Gasteiger partial charge on any atom is 0.337 e. The molecular weight excluding hydrogens is 270 g/mol. The molecule has 0 saturated heterocycles. The molecule has 3 nitrogen and oxygen atoms in total. The normalized spacial score (nSPS) is 12.2. The highest BCUT2D eigenvalue weighted by Crippen LogP contribution is 2.31. The Morgan fingerprint density at radius 3 is 2.55 bits per heavy atom. The Bertz CT molecular complexity index is 646. The number of anilines is 1. The van der Waals surface area contributed by atoms with Crippen LogP contribution in [0, 0.1) is 20.8 Å². The number of nitrogens with one attached hydrogen (secondary N) is 1. The molecule has 2 aromatic rings. The molecule has 1 aromatic heterocycles. The van der Waals surface area contributed by atoms with E-state index in [2.05, 4.69) is 32.2 Å². The smallest absolute Gasteiger partial charge is 0.337 e. The summed E-state index contributed by atoms with van der Waals surface area (Å²) in [5.41, 5.74) is 3.20. The molecule has 1 atom stereocenters. The zero-order valence-electron chi connectivity index (χ0n) is 12.2. The largest absolute Gasteiger partial charge is 0.478 e. The van der Waals surface area contributed by atoms with Crippen LogP contribution in [-0.4, -0.2) is 11.1 Å². The van der Waals surface area contributed by atoms with E-state index in [9.17, 15) is 9.90 Å². The van der Waals surface area contributed by atoms with Crippen LogP contribution in [0.4, 0.5) is 5.69 Å². The average Bonchev–Trinajstić information content (AvgIpc) is 2.70. The lowest BCUT2D eigenvalue weighted by Crippen LogP contribution is -2.12. The number of para-hydroxylation sites is 1. The molecule has 0 amide bonds. The van der Waals surface area contributed by atoms with Crippen molar-refractivity contribution in [3.8, 4) is 0 Å². The fourth-order valence-corrected chi connectivity index (χ4v) is 3.43. The van der Waals surface area contributed by atoms with Gasteiger partial charge in [-0.1, -0.05) is 12.1 Å². The molecular formula is C16H19NO2S. The SMILES string of the molecule is Cc1cc(C(C)Nc2c(C)cccc2C(=O)O)c(C)s1. The van der Waals surface area contributed by atoms with Gasteiger partial charge in [-0.25, -0.2) is 4.79 Å². The van der Waals surface area contributed by atoms with Crippen molar-refractivity contribution in [3.63, 3.8) is 0 Å². The maximum atomic E-state index is 11.3. The number of aromatic carboxylic acids is 1. The Morgan fingerprint density at radius 1 is 1.30 bits per heavy atom. The lowest BCUT2D eigenvalue weighted by Gasteiger charge is -2.19. The predicted molar refractivity (Wildman–Crippen MR) is 84.0 cm³/mol. The molecule has 4 heteroatoms. The second-order valence-electron chi connectivity index (χ2n) is 5.04. The van der Waals surface area contributed by atoms with E-state index in [4.69, 9.17) is 0 Å². The van der Waals surface area contributed by atoms with E-state index in [0.717, 1.165) is 5.56 Å². The fraction of sp³-hybridized carbons (Fsp3) is 0.312. The first-order chi connectivity index (χ1) is 9.40. The van der Waals surface area contributed by atoms with E-state index >= 15 is 0 Å². The number of carboxylic acids is 1. The number of aryl methyl sites for hydroxylation is 3. The molecule has 0 bridgehead atoms. The lowest BCUT2D eigenvalue weighted by atomic mass is 10.0. The van der Waals surface area contributed by atoms with Crippen molar-refractivity contribution in [2.45, 2.75) is 33.7 Å². The third-order valence-electron chi connectivity index (χ3n) is 3.41. The highest BCUT2D eigenvalue weighted by atomic mass is 32.1. The van der Waals surface area contributed by atoms with Crippen molar-refractivity contribution in [1.29, 1.82) is 0 Å². The number of rotatable bonds is 4. The minimum absolute atomic E-state index is 0.0825. The van der Waals surface area contributed by atoms with Crippen molar-refractivity contribution in [2.24, 2.45) is 0 Å². The van der Waals surface area contributed by atoms with Gasteiger partial charge in [0.15, 0.2) is 0 Å². The second-order valence-corrected chi connectivity index (χ2v) is 6.50. The summed E-state index contributed by atoms with van der Waals surface area (Å²) in [6, 6.07) is 7.58. The summed E-state index contributed by atoms with van der Waals surface area (Å²) in [6.07, 6.45) is 0. The third kappa shape index (κ3) is 2.85. The standard InChI is InChI=1S/C16H19NO2S/c1-9-6-5-7-13(16(18)19)15(9)17-11(3)14-8-10(2)20-12(14)4/h5-8,11,17H,1-4H3,(H,18,19). The summed E-state index contributed by atoms with van der Waals surface area (Å²) < 4.78 is 0. The summed E-state index contributed by atoms with van der Waals surface area (Å²) >= 11 is 1.77. The molecule has 1 heterocycles. The van der Waals surface area contributed by atoms with Crippen molar-refractivity contribution in [3.05, 3.63) is 50.7 Å². The molecule has 106 valence electrons. The predicted octanol–water partition coefficient (Wildman–Crippen LogP) is 4.54. The van der Waals surface area contributed by atoms with Crippen LogP contribution in [0.3, 0.4) is 0 Å². The first-order valence-electron chi connectivity index (χ1n) is 6.56. The molecule has 1 unspecified atom stereocenters. The van der Waals surface area contributed by atoms with Crippen LogP contribution in [0.15, 0.2) is 24.3 Å². The zero-order chi connectivity index (χ0) is 14.9. The van der Waals surface area contributed by atoms with Gasteiger partial charge in [-0.05, 0) is 51.0 Å². The molecule has 0 aliphatic carbocycles. The lowest BCUT2D eigenvalue weighted by molar-refractivity contribution is 0.0698. The van der Waals surface area contributed by atoms with Gasteiger partial charge in [0, 0.05) is 15.8 Å². The van der Waals surface area contributed by atoms with E-state index in [0.29, 0.717) is 11.3 Å². The van der Waals surface area contributed by atoms with Crippen LogP contribution in [0.1, 0.15) is 44.2 Å². The fourth-order valence-electron chi connectivity index (χ4n) is 2.41. The molecule has 0 fully saturated rings. The molecule has 0 radical (unpaired) electrons. The first kappa shape index (κ1) is 14.6. The Labute approximate surface area is 123 Å². The topological polar surface area (TPSA) is 49.3 Å². The van der Waals surface area contributed by atoms with Crippen LogP contribution in [0.25, 0.3) is 0 Å². The Hall–Kier alpha value is -1.81. The third-order valence-corrected chi connectivity index (χ3v) is 4.39. The molecule has 0 spiro atoms. The number of carboxylic acid groups (broad SMARTS) is 1. The zero-order valence-corrected chi connectivity index (χ0v) is 13.0. The Kier molecular flexibility index (Phi) is 4.14. The summed E-state index contributed by atoms with van der Waals surface area (Å²) in [7, 11) is 0. The summed E-state index contributed by atoms with van der Waals surface area (Å²) in [5, 5.41) is 12.7. The van der Waals surface area contributed by atoms with E-state index in [1.807, 2.05) is 13.0 Å². The summed E-state index contributed by atoms with van der Waals surface area (Å²) in [5.74, 6) is -0.901. The number of hydrogen-bond acceptors (Lipinski definition) is 3. The van der Waals surface area contributed by atoms with Crippen LogP contribution < -0.4 is 5.32 Å². The number of hydrogen-bond donors (Lipinski definition) is 2. The highest BCUT2D eigenvalue weighted by Gasteiger charge is 2.16. The monoisotopic (exact) mass is 289 g/mol. The summed E-state index contributed by atoms with van der Waals surface area (Å²) in [4.78, 5) is 13.9. The van der Waals surface area contributed by atoms with Gasteiger partial charge in [-0.3, -0.25) is 0 Å².